The topological polar surface area (TPSA) is 36.3 Å². The third-order valence-corrected chi connectivity index (χ3v) is 7.32. The van der Waals surface area contributed by atoms with Crippen LogP contribution in [-0.4, -0.2) is 12.7 Å². The number of fused-ring (bicyclic) bond motifs is 1. The summed E-state index contributed by atoms with van der Waals surface area (Å²) in [7, 11) is 0. The van der Waals surface area contributed by atoms with Gasteiger partial charge in [0.2, 0.25) is 0 Å². The highest BCUT2D eigenvalue weighted by atomic mass is 16.6. The summed E-state index contributed by atoms with van der Waals surface area (Å²) in [6, 6.07) is 2.48. The molecule has 0 spiro atoms. The average Bonchev–Trinajstić information content (AvgIpc) is 3.29. The molecule has 0 aromatic rings. The van der Waals surface area contributed by atoms with E-state index in [0.29, 0.717) is 11.5 Å². The van der Waals surface area contributed by atoms with Crippen LogP contribution < -0.4 is 0 Å². The maximum atomic E-state index is 9.25. The van der Waals surface area contributed by atoms with Crippen LogP contribution in [0, 0.1) is 52.3 Å². The number of ether oxygens (including phenoxy) is 1. The van der Waals surface area contributed by atoms with Gasteiger partial charge in [0, 0.05) is 5.92 Å². The van der Waals surface area contributed by atoms with Gasteiger partial charge in [0.25, 0.3) is 0 Å². The molecule has 2 heteroatoms. The van der Waals surface area contributed by atoms with Crippen molar-refractivity contribution in [2.75, 3.05) is 6.61 Å². The van der Waals surface area contributed by atoms with Crippen LogP contribution in [0.3, 0.4) is 0 Å². The number of hydrogen-bond acceptors (Lipinski definition) is 2. The van der Waals surface area contributed by atoms with Crippen molar-refractivity contribution in [3.05, 3.63) is 0 Å². The smallest absolute Gasteiger partial charge is 0.0838 e. The first-order valence-electron chi connectivity index (χ1n) is 8.97. The minimum Gasteiger partial charge on any atom is -0.373 e. The zero-order valence-electron chi connectivity index (χ0n) is 14.1. The Labute approximate surface area is 130 Å². The Morgan fingerprint density at radius 2 is 2.05 bits per heavy atom. The van der Waals surface area contributed by atoms with Crippen molar-refractivity contribution in [1.82, 2.24) is 0 Å². The summed E-state index contributed by atoms with van der Waals surface area (Å²) >= 11 is 0. The highest BCUT2D eigenvalue weighted by Crippen LogP contribution is 2.60. The van der Waals surface area contributed by atoms with Gasteiger partial charge in [-0.15, -0.1) is 0 Å². The van der Waals surface area contributed by atoms with E-state index in [1.807, 2.05) is 0 Å². The van der Waals surface area contributed by atoms with E-state index < -0.39 is 0 Å². The second-order valence-corrected chi connectivity index (χ2v) is 8.55. The zero-order chi connectivity index (χ0) is 15.2. The van der Waals surface area contributed by atoms with Crippen LogP contribution in [-0.2, 0) is 4.74 Å². The van der Waals surface area contributed by atoms with E-state index in [1.165, 1.54) is 25.7 Å². The van der Waals surface area contributed by atoms with Crippen LogP contribution in [0.15, 0.2) is 0 Å². The fraction of sp³-hybridized carbons (Fsp3) is 0.947. The van der Waals surface area contributed by atoms with Crippen LogP contribution in [0.4, 0.5) is 0 Å². The number of nitrogens with zero attached hydrogens (tertiary/aromatic N) is 1. The summed E-state index contributed by atoms with van der Waals surface area (Å²) in [5, 5.41) is 9.25. The molecular formula is C19H31NO. The van der Waals surface area contributed by atoms with E-state index in [2.05, 4.69) is 33.8 Å². The number of nitriles is 1. The minimum atomic E-state index is 0.199. The van der Waals surface area contributed by atoms with E-state index in [-0.39, 0.29) is 5.92 Å². The van der Waals surface area contributed by atoms with Crippen LogP contribution in [0.2, 0.25) is 0 Å². The molecular weight excluding hydrogens is 258 g/mol. The molecule has 2 nitrogen and oxygen atoms in total. The standard InChI is InChI=1S/C19H31NO/c1-12(10-20)7-17-14(3)13(2)8-16-9-15(18-11-21-18)5-6-19(16,17)4/h12-18H,5-9,11H2,1-4H3/t12?,13?,14-,15?,16?,17?,18?,19?/m0/s1. The van der Waals surface area contributed by atoms with Crippen LogP contribution >= 0.6 is 0 Å². The number of epoxide rings is 1. The Morgan fingerprint density at radius 1 is 1.33 bits per heavy atom. The van der Waals surface area contributed by atoms with Gasteiger partial charge in [-0.25, -0.2) is 0 Å². The highest BCUT2D eigenvalue weighted by Gasteiger charge is 2.53. The van der Waals surface area contributed by atoms with Gasteiger partial charge in [-0.3, -0.25) is 0 Å². The van der Waals surface area contributed by atoms with Crippen molar-refractivity contribution in [3.63, 3.8) is 0 Å². The summed E-state index contributed by atoms with van der Waals surface area (Å²) in [5.41, 5.74) is 0.461. The fourth-order valence-corrected chi connectivity index (χ4v) is 5.55. The molecule has 21 heavy (non-hydrogen) atoms. The lowest BCUT2D eigenvalue weighted by Crippen LogP contribution is -2.49. The summed E-state index contributed by atoms with van der Waals surface area (Å²) in [4.78, 5) is 0. The van der Waals surface area contributed by atoms with Crippen molar-refractivity contribution >= 4 is 0 Å². The molecule has 0 aromatic heterocycles. The summed E-state index contributed by atoms with van der Waals surface area (Å²) in [6.45, 7) is 10.5. The molecule has 1 aliphatic heterocycles. The van der Waals surface area contributed by atoms with Crippen molar-refractivity contribution in [2.24, 2.45) is 40.9 Å². The van der Waals surface area contributed by atoms with Gasteiger partial charge in [0.05, 0.1) is 18.8 Å². The van der Waals surface area contributed by atoms with Crippen molar-refractivity contribution in [2.45, 2.75) is 65.9 Å². The Kier molecular flexibility index (Phi) is 4.08. The minimum absolute atomic E-state index is 0.199. The Balaban J connectivity index is 1.79. The molecule has 0 bridgehead atoms. The molecule has 0 aromatic carbocycles. The molecule has 0 amide bonds. The van der Waals surface area contributed by atoms with Gasteiger partial charge < -0.3 is 4.74 Å². The Morgan fingerprint density at radius 3 is 2.67 bits per heavy atom. The van der Waals surface area contributed by atoms with Gasteiger partial charge in [0.1, 0.15) is 0 Å². The maximum absolute atomic E-state index is 9.25. The van der Waals surface area contributed by atoms with Gasteiger partial charge >= 0.3 is 0 Å². The molecule has 2 saturated carbocycles. The third-order valence-electron chi connectivity index (χ3n) is 7.32. The molecule has 3 fully saturated rings. The molecule has 3 aliphatic rings. The summed E-state index contributed by atoms with van der Waals surface area (Å²) in [6.07, 6.45) is 7.13. The van der Waals surface area contributed by atoms with E-state index in [9.17, 15) is 5.26 Å². The molecule has 3 rings (SSSR count). The molecule has 0 N–H and O–H groups in total. The first-order valence-corrected chi connectivity index (χ1v) is 8.97. The molecule has 1 saturated heterocycles. The van der Waals surface area contributed by atoms with Crippen molar-refractivity contribution < 1.29 is 4.74 Å². The number of hydrogen-bond donors (Lipinski definition) is 0. The van der Waals surface area contributed by atoms with Crippen molar-refractivity contribution in [1.29, 1.82) is 5.26 Å². The van der Waals surface area contributed by atoms with Crippen LogP contribution in [0.5, 0.6) is 0 Å². The number of rotatable bonds is 3. The predicted octanol–water partition coefficient (Wildman–Crippen LogP) is 4.65. The average molecular weight is 289 g/mol. The van der Waals surface area contributed by atoms with Gasteiger partial charge in [-0.2, -0.15) is 5.26 Å². The van der Waals surface area contributed by atoms with Gasteiger partial charge in [-0.05, 0) is 74.0 Å². The van der Waals surface area contributed by atoms with Crippen LogP contribution in [0.25, 0.3) is 0 Å². The largest absolute Gasteiger partial charge is 0.373 e. The van der Waals surface area contributed by atoms with Gasteiger partial charge in [-0.1, -0.05) is 20.8 Å². The highest BCUT2D eigenvalue weighted by molar-refractivity contribution is 5.03. The first kappa shape index (κ1) is 15.3. The molecule has 0 radical (unpaired) electrons. The zero-order valence-corrected chi connectivity index (χ0v) is 14.1. The van der Waals surface area contributed by atoms with Crippen molar-refractivity contribution in [3.8, 4) is 6.07 Å². The lowest BCUT2D eigenvalue weighted by atomic mass is 9.48. The molecule has 8 atom stereocenters. The predicted molar refractivity (Wildman–Crippen MR) is 84.5 cm³/mol. The fourth-order valence-electron chi connectivity index (χ4n) is 5.55. The van der Waals surface area contributed by atoms with E-state index in [1.54, 1.807) is 0 Å². The lowest BCUT2D eigenvalue weighted by Gasteiger charge is -2.57. The van der Waals surface area contributed by atoms with E-state index >= 15 is 0 Å². The Hall–Kier alpha value is -0.550. The monoisotopic (exact) mass is 289 g/mol. The second-order valence-electron chi connectivity index (χ2n) is 8.55. The maximum Gasteiger partial charge on any atom is 0.0838 e. The normalized spacial score (nSPS) is 50.8. The molecule has 1 heterocycles. The van der Waals surface area contributed by atoms with E-state index in [4.69, 9.17) is 4.74 Å². The first-order chi connectivity index (χ1) is 9.95. The SMILES string of the molecule is CC(C#N)CC1[C@@H](C)C(C)CC2CC(C3CO3)CCC21C. The van der Waals surface area contributed by atoms with Gasteiger partial charge in [0.15, 0.2) is 0 Å². The summed E-state index contributed by atoms with van der Waals surface area (Å²) in [5.74, 6) is 4.15. The molecule has 7 unspecified atom stereocenters. The second kappa shape index (κ2) is 5.58. The molecule has 118 valence electrons. The summed E-state index contributed by atoms with van der Waals surface area (Å²) < 4.78 is 5.57. The van der Waals surface area contributed by atoms with E-state index in [0.717, 1.165) is 42.6 Å². The van der Waals surface area contributed by atoms with Crippen LogP contribution in [0.1, 0.15) is 59.8 Å². The molecule has 2 aliphatic carbocycles. The third kappa shape index (κ3) is 2.74. The quantitative estimate of drug-likeness (QED) is 0.709. The Bertz CT molecular complexity index is 424. The lowest BCUT2D eigenvalue weighted by molar-refractivity contribution is -0.0781.